The number of carbonyl (C=O) groups is 2. The van der Waals surface area contributed by atoms with Crippen molar-refractivity contribution in [1.29, 1.82) is 0 Å². The van der Waals surface area contributed by atoms with Gasteiger partial charge in [-0.2, -0.15) is 0 Å². The Kier molecular flexibility index (Phi) is 6.72. The van der Waals surface area contributed by atoms with Crippen LogP contribution in [0.25, 0.3) is 0 Å². The molecule has 31 heavy (non-hydrogen) atoms. The largest absolute Gasteiger partial charge is 0.573 e. The Morgan fingerprint density at radius 1 is 0.968 bits per heavy atom. The summed E-state index contributed by atoms with van der Waals surface area (Å²) < 4.78 is 46.5. The van der Waals surface area contributed by atoms with E-state index in [1.54, 1.807) is 4.90 Å². The van der Waals surface area contributed by atoms with Crippen molar-refractivity contribution in [3.05, 3.63) is 60.2 Å². The van der Waals surface area contributed by atoms with Crippen molar-refractivity contribution in [2.75, 3.05) is 19.7 Å². The van der Waals surface area contributed by atoms with Crippen LogP contribution in [0, 0.1) is 5.41 Å². The van der Waals surface area contributed by atoms with Crippen LogP contribution >= 0.6 is 0 Å². The molecule has 0 saturated carbocycles. The van der Waals surface area contributed by atoms with Crippen LogP contribution in [0.5, 0.6) is 11.5 Å². The van der Waals surface area contributed by atoms with E-state index in [0.29, 0.717) is 38.3 Å². The number of halogens is 3. The number of primary amides is 1. The maximum atomic E-state index is 12.7. The summed E-state index contributed by atoms with van der Waals surface area (Å²) in [4.78, 5) is 26.0. The highest BCUT2D eigenvalue weighted by atomic mass is 19.4. The number of piperidine rings is 1. The SMILES string of the molecule is NC(=O)CC1(COc2ccccc2)CCN(C(=O)c2ccc(OC(F)(F)F)cc2)CC1. The maximum Gasteiger partial charge on any atom is 0.573 e. The number of likely N-dealkylation sites (tertiary alicyclic amines) is 1. The molecule has 0 aromatic heterocycles. The number of amides is 2. The molecule has 6 nitrogen and oxygen atoms in total. The summed E-state index contributed by atoms with van der Waals surface area (Å²) in [6.07, 6.45) is -3.61. The lowest BCUT2D eigenvalue weighted by molar-refractivity contribution is -0.274. The first-order valence-corrected chi connectivity index (χ1v) is 9.77. The van der Waals surface area contributed by atoms with Gasteiger partial charge in [-0.3, -0.25) is 9.59 Å². The van der Waals surface area contributed by atoms with Crippen molar-refractivity contribution in [2.24, 2.45) is 11.1 Å². The number of hydrogen-bond acceptors (Lipinski definition) is 4. The van der Waals surface area contributed by atoms with Crippen LogP contribution < -0.4 is 15.2 Å². The average molecular weight is 436 g/mol. The molecule has 0 atom stereocenters. The predicted molar refractivity (Wildman–Crippen MR) is 106 cm³/mol. The minimum Gasteiger partial charge on any atom is -0.493 e. The van der Waals surface area contributed by atoms with E-state index in [1.165, 1.54) is 12.1 Å². The van der Waals surface area contributed by atoms with Gasteiger partial charge in [-0.25, -0.2) is 0 Å². The van der Waals surface area contributed by atoms with Crippen LogP contribution in [0.1, 0.15) is 29.6 Å². The van der Waals surface area contributed by atoms with E-state index >= 15 is 0 Å². The highest BCUT2D eigenvalue weighted by Crippen LogP contribution is 2.36. The molecule has 2 aromatic rings. The number of benzene rings is 2. The van der Waals surface area contributed by atoms with Gasteiger partial charge in [0.1, 0.15) is 11.5 Å². The van der Waals surface area contributed by atoms with Crippen LogP contribution in [-0.2, 0) is 4.79 Å². The van der Waals surface area contributed by atoms with Gasteiger partial charge < -0.3 is 20.1 Å². The smallest absolute Gasteiger partial charge is 0.493 e. The Bertz CT molecular complexity index is 893. The molecule has 0 aliphatic carbocycles. The molecular formula is C22H23F3N2O4. The third-order valence-electron chi connectivity index (χ3n) is 5.28. The molecule has 1 heterocycles. The monoisotopic (exact) mass is 436 g/mol. The molecule has 2 amide bonds. The van der Waals surface area contributed by atoms with Gasteiger partial charge in [0.25, 0.3) is 5.91 Å². The van der Waals surface area contributed by atoms with Crippen molar-refractivity contribution in [3.8, 4) is 11.5 Å². The molecule has 0 unspecified atom stereocenters. The van der Waals surface area contributed by atoms with Gasteiger partial charge in [0.15, 0.2) is 0 Å². The molecule has 0 bridgehead atoms. The van der Waals surface area contributed by atoms with Crippen LogP contribution in [0.2, 0.25) is 0 Å². The number of alkyl halides is 3. The van der Waals surface area contributed by atoms with Crippen molar-refractivity contribution in [3.63, 3.8) is 0 Å². The van der Waals surface area contributed by atoms with Gasteiger partial charge in [-0.05, 0) is 49.2 Å². The molecule has 9 heteroatoms. The summed E-state index contributed by atoms with van der Waals surface area (Å²) in [6.45, 7) is 1.06. The molecule has 1 aliphatic heterocycles. The van der Waals surface area contributed by atoms with Crippen molar-refractivity contribution in [1.82, 2.24) is 4.90 Å². The van der Waals surface area contributed by atoms with Crippen LogP contribution in [0.15, 0.2) is 54.6 Å². The van der Waals surface area contributed by atoms with E-state index in [1.807, 2.05) is 30.3 Å². The summed E-state index contributed by atoms with van der Waals surface area (Å²) in [6, 6.07) is 14.0. The minimum absolute atomic E-state index is 0.144. The summed E-state index contributed by atoms with van der Waals surface area (Å²) in [7, 11) is 0. The second-order valence-electron chi connectivity index (χ2n) is 7.61. The van der Waals surface area contributed by atoms with Crippen molar-refractivity contribution in [2.45, 2.75) is 25.6 Å². The molecule has 0 radical (unpaired) electrons. The fourth-order valence-electron chi connectivity index (χ4n) is 3.66. The molecule has 1 aliphatic rings. The Hall–Kier alpha value is -3.23. The highest BCUT2D eigenvalue weighted by molar-refractivity contribution is 5.94. The zero-order valence-corrected chi connectivity index (χ0v) is 16.7. The quantitative estimate of drug-likeness (QED) is 0.717. The zero-order chi connectivity index (χ0) is 22.5. The van der Waals surface area contributed by atoms with E-state index in [9.17, 15) is 22.8 Å². The van der Waals surface area contributed by atoms with Crippen molar-refractivity contribution < 1.29 is 32.2 Å². The summed E-state index contributed by atoms with van der Waals surface area (Å²) in [5.41, 5.74) is 5.23. The average Bonchev–Trinajstić information content (AvgIpc) is 2.72. The first-order valence-electron chi connectivity index (χ1n) is 9.77. The summed E-state index contributed by atoms with van der Waals surface area (Å²) in [5.74, 6) is -0.431. The summed E-state index contributed by atoms with van der Waals surface area (Å²) >= 11 is 0. The van der Waals surface area contributed by atoms with E-state index in [0.717, 1.165) is 12.1 Å². The predicted octanol–water partition coefficient (Wildman–Crippen LogP) is 3.76. The number of rotatable bonds is 7. The van der Waals surface area contributed by atoms with Gasteiger partial charge in [-0.15, -0.1) is 13.2 Å². The molecule has 1 saturated heterocycles. The lowest BCUT2D eigenvalue weighted by Crippen LogP contribution is -2.47. The van der Waals surface area contributed by atoms with E-state index < -0.39 is 17.7 Å². The minimum atomic E-state index is -4.79. The molecular weight excluding hydrogens is 413 g/mol. The molecule has 2 aromatic carbocycles. The topological polar surface area (TPSA) is 81.9 Å². The fraction of sp³-hybridized carbons (Fsp3) is 0.364. The number of hydrogen-bond donors (Lipinski definition) is 1. The number of carbonyl (C=O) groups excluding carboxylic acids is 2. The molecule has 2 N–H and O–H groups in total. The first kappa shape index (κ1) is 22.5. The number of para-hydroxylation sites is 1. The van der Waals surface area contributed by atoms with Crippen LogP contribution in [0.4, 0.5) is 13.2 Å². The second-order valence-corrected chi connectivity index (χ2v) is 7.61. The third-order valence-corrected chi connectivity index (χ3v) is 5.28. The third kappa shape index (κ3) is 6.37. The fourth-order valence-corrected chi connectivity index (χ4v) is 3.66. The maximum absolute atomic E-state index is 12.7. The Morgan fingerprint density at radius 3 is 2.13 bits per heavy atom. The number of ether oxygens (including phenoxy) is 2. The molecule has 3 rings (SSSR count). The van der Waals surface area contributed by atoms with E-state index in [2.05, 4.69) is 4.74 Å². The number of nitrogens with two attached hydrogens (primary N) is 1. The lowest BCUT2D eigenvalue weighted by atomic mass is 9.76. The molecule has 0 spiro atoms. The van der Waals surface area contributed by atoms with Gasteiger partial charge in [0.2, 0.25) is 5.91 Å². The molecule has 1 fully saturated rings. The Labute approximate surface area is 177 Å². The van der Waals surface area contributed by atoms with E-state index in [-0.39, 0.29) is 23.6 Å². The van der Waals surface area contributed by atoms with Crippen LogP contribution in [-0.4, -0.2) is 42.8 Å². The second kappa shape index (κ2) is 9.28. The summed E-state index contributed by atoms with van der Waals surface area (Å²) in [5, 5.41) is 0. The van der Waals surface area contributed by atoms with E-state index in [4.69, 9.17) is 10.5 Å². The lowest BCUT2D eigenvalue weighted by Gasteiger charge is -2.41. The van der Waals surface area contributed by atoms with Crippen LogP contribution in [0.3, 0.4) is 0 Å². The Morgan fingerprint density at radius 2 is 1.58 bits per heavy atom. The van der Waals surface area contributed by atoms with Gasteiger partial charge in [0.05, 0.1) is 6.61 Å². The van der Waals surface area contributed by atoms with Gasteiger partial charge in [-0.1, -0.05) is 18.2 Å². The van der Waals surface area contributed by atoms with Gasteiger partial charge >= 0.3 is 6.36 Å². The normalized spacial score (nSPS) is 15.9. The molecule has 166 valence electrons. The zero-order valence-electron chi connectivity index (χ0n) is 16.7. The number of nitrogens with zero attached hydrogens (tertiary/aromatic N) is 1. The van der Waals surface area contributed by atoms with Crippen molar-refractivity contribution >= 4 is 11.8 Å². The Balaban J connectivity index is 1.62. The standard InChI is InChI=1S/C22H23F3N2O4/c23-22(24,25)31-18-8-6-16(7-9-18)20(29)27-12-10-21(11-13-27,14-19(26)28)15-30-17-4-2-1-3-5-17/h1-9H,10-15H2,(H2,26,28). The first-order chi connectivity index (χ1) is 14.7. The van der Waals surface area contributed by atoms with Gasteiger partial charge in [0, 0.05) is 30.5 Å². The highest BCUT2D eigenvalue weighted by Gasteiger charge is 2.38.